The van der Waals surface area contributed by atoms with Crippen molar-refractivity contribution in [3.63, 3.8) is 0 Å². The Bertz CT molecular complexity index is 1060. The average molecular weight is 420 g/mol. The second kappa shape index (κ2) is 8.46. The molecule has 1 aliphatic heterocycles. The molecule has 2 N–H and O–H groups in total. The Morgan fingerprint density at radius 1 is 1.07 bits per heavy atom. The average Bonchev–Trinajstić information content (AvgIpc) is 3.39. The van der Waals surface area contributed by atoms with E-state index < -0.39 is 5.92 Å². The molecular weight excluding hydrogens is 400 g/mol. The molecule has 1 atom stereocenters. The topological polar surface area (TPSA) is 91.4 Å². The number of carbonyl (C=O) groups excluding carboxylic acids is 3. The minimum atomic E-state index is -0.424. The number of anilines is 3. The lowest BCUT2D eigenvalue weighted by molar-refractivity contribution is -0.122. The van der Waals surface area contributed by atoms with Crippen molar-refractivity contribution in [1.29, 1.82) is 0 Å². The summed E-state index contributed by atoms with van der Waals surface area (Å²) in [4.78, 5) is 42.9. The molecule has 2 heterocycles. The quantitative estimate of drug-likeness (QED) is 0.658. The molecule has 30 heavy (non-hydrogen) atoms. The number of amides is 3. The van der Waals surface area contributed by atoms with E-state index in [0.29, 0.717) is 22.9 Å². The van der Waals surface area contributed by atoms with Crippen LogP contribution >= 0.6 is 11.3 Å². The van der Waals surface area contributed by atoms with E-state index in [9.17, 15) is 14.4 Å². The molecule has 152 valence electrons. The third-order valence-corrected chi connectivity index (χ3v) is 5.60. The van der Waals surface area contributed by atoms with Crippen LogP contribution in [0.25, 0.3) is 0 Å². The first-order valence-electron chi connectivity index (χ1n) is 9.48. The van der Waals surface area contributed by atoms with E-state index in [1.54, 1.807) is 40.7 Å². The highest BCUT2D eigenvalue weighted by atomic mass is 32.1. The second-order valence-corrected chi connectivity index (χ2v) is 7.99. The molecule has 0 spiro atoms. The molecule has 1 aromatic heterocycles. The third-order valence-electron chi connectivity index (χ3n) is 4.91. The van der Waals surface area contributed by atoms with Gasteiger partial charge in [0.15, 0.2) is 5.13 Å². The Labute approximate surface area is 177 Å². The number of rotatable bonds is 5. The lowest BCUT2D eigenvalue weighted by Gasteiger charge is -2.17. The first-order chi connectivity index (χ1) is 14.5. The highest BCUT2D eigenvalue weighted by molar-refractivity contribution is 7.13. The number of thiazole rings is 1. The molecule has 3 amide bonds. The molecule has 1 fully saturated rings. The third kappa shape index (κ3) is 4.38. The van der Waals surface area contributed by atoms with Gasteiger partial charge in [0.05, 0.1) is 5.92 Å². The molecule has 3 aromatic rings. The number of benzene rings is 2. The Hall–Kier alpha value is -3.52. The summed E-state index contributed by atoms with van der Waals surface area (Å²) in [5.41, 5.74) is 2.96. The van der Waals surface area contributed by atoms with Crippen LogP contribution < -0.4 is 15.5 Å². The van der Waals surface area contributed by atoms with Gasteiger partial charge in [-0.25, -0.2) is 4.98 Å². The Morgan fingerprint density at radius 2 is 1.80 bits per heavy atom. The fraction of sp³-hybridized carbons (Fsp3) is 0.182. The monoisotopic (exact) mass is 420 g/mol. The summed E-state index contributed by atoms with van der Waals surface area (Å²) in [6.45, 7) is 2.34. The van der Waals surface area contributed by atoms with Gasteiger partial charge in [-0.1, -0.05) is 17.7 Å². The van der Waals surface area contributed by atoms with E-state index in [0.717, 1.165) is 11.3 Å². The maximum Gasteiger partial charge on any atom is 0.257 e. The highest BCUT2D eigenvalue weighted by Gasteiger charge is 2.35. The van der Waals surface area contributed by atoms with Gasteiger partial charge in [-0.05, 0) is 43.3 Å². The standard InChI is InChI=1S/C22H20N4O3S/c1-14-2-8-18(9-3-14)26-13-16(12-19(26)27)21(29)24-17-6-4-15(5-7-17)20(28)25-22-23-10-11-30-22/h2-11,16H,12-13H2,1H3,(H,24,29)(H,23,25,28). The van der Waals surface area contributed by atoms with E-state index >= 15 is 0 Å². The van der Waals surface area contributed by atoms with Crippen LogP contribution in [0.5, 0.6) is 0 Å². The summed E-state index contributed by atoms with van der Waals surface area (Å²) in [5, 5.41) is 7.86. The first kappa shape index (κ1) is 19.8. The van der Waals surface area contributed by atoms with Crippen molar-refractivity contribution in [2.45, 2.75) is 13.3 Å². The van der Waals surface area contributed by atoms with Crippen LogP contribution in [-0.4, -0.2) is 29.3 Å². The Kier molecular flexibility index (Phi) is 5.58. The predicted molar refractivity (Wildman–Crippen MR) is 117 cm³/mol. The van der Waals surface area contributed by atoms with Gasteiger partial charge in [0, 0.05) is 41.5 Å². The molecule has 4 rings (SSSR count). The van der Waals surface area contributed by atoms with Crippen molar-refractivity contribution in [2.75, 3.05) is 22.1 Å². The van der Waals surface area contributed by atoms with Gasteiger partial charge in [0.2, 0.25) is 11.8 Å². The number of aryl methyl sites for hydroxylation is 1. The zero-order valence-electron chi connectivity index (χ0n) is 16.3. The smallest absolute Gasteiger partial charge is 0.257 e. The lowest BCUT2D eigenvalue weighted by atomic mass is 10.1. The number of nitrogens with zero attached hydrogens (tertiary/aromatic N) is 2. The summed E-state index contributed by atoms with van der Waals surface area (Å²) in [7, 11) is 0. The number of hydrogen-bond acceptors (Lipinski definition) is 5. The van der Waals surface area contributed by atoms with Gasteiger partial charge in [-0.15, -0.1) is 11.3 Å². The van der Waals surface area contributed by atoms with Gasteiger partial charge in [0.1, 0.15) is 0 Å². The summed E-state index contributed by atoms with van der Waals surface area (Å²) in [6, 6.07) is 14.3. The Morgan fingerprint density at radius 3 is 2.47 bits per heavy atom. The van der Waals surface area contributed by atoms with Crippen molar-refractivity contribution in [3.8, 4) is 0 Å². The van der Waals surface area contributed by atoms with Crippen LogP contribution in [0.4, 0.5) is 16.5 Å². The molecule has 1 aliphatic rings. The maximum atomic E-state index is 12.6. The van der Waals surface area contributed by atoms with E-state index in [1.807, 2.05) is 31.2 Å². The van der Waals surface area contributed by atoms with Crippen molar-refractivity contribution < 1.29 is 14.4 Å². The molecule has 0 aliphatic carbocycles. The second-order valence-electron chi connectivity index (χ2n) is 7.10. The normalized spacial score (nSPS) is 15.8. The fourth-order valence-corrected chi connectivity index (χ4v) is 3.79. The van der Waals surface area contributed by atoms with Crippen LogP contribution in [0.2, 0.25) is 0 Å². The number of nitrogens with one attached hydrogen (secondary N) is 2. The SMILES string of the molecule is Cc1ccc(N2CC(C(=O)Nc3ccc(C(=O)Nc4nccs4)cc3)CC2=O)cc1. The molecule has 1 unspecified atom stereocenters. The number of hydrogen-bond donors (Lipinski definition) is 2. The van der Waals surface area contributed by atoms with Gasteiger partial charge < -0.3 is 10.2 Å². The highest BCUT2D eigenvalue weighted by Crippen LogP contribution is 2.26. The maximum absolute atomic E-state index is 12.6. The summed E-state index contributed by atoms with van der Waals surface area (Å²) < 4.78 is 0. The zero-order valence-corrected chi connectivity index (χ0v) is 17.1. The summed E-state index contributed by atoms with van der Waals surface area (Å²) in [5.74, 6) is -0.962. The number of carbonyl (C=O) groups is 3. The minimum Gasteiger partial charge on any atom is -0.326 e. The molecule has 7 nitrogen and oxygen atoms in total. The molecule has 0 radical (unpaired) electrons. The molecule has 8 heteroatoms. The largest absolute Gasteiger partial charge is 0.326 e. The number of aromatic nitrogens is 1. The summed E-state index contributed by atoms with van der Waals surface area (Å²) in [6.07, 6.45) is 1.79. The van der Waals surface area contributed by atoms with Gasteiger partial charge >= 0.3 is 0 Å². The van der Waals surface area contributed by atoms with E-state index in [-0.39, 0.29) is 24.1 Å². The minimum absolute atomic E-state index is 0.0618. The Balaban J connectivity index is 1.36. The van der Waals surface area contributed by atoms with E-state index in [1.165, 1.54) is 11.3 Å². The van der Waals surface area contributed by atoms with Gasteiger partial charge in [0.25, 0.3) is 5.91 Å². The first-order valence-corrected chi connectivity index (χ1v) is 10.4. The van der Waals surface area contributed by atoms with Crippen molar-refractivity contribution >= 4 is 45.6 Å². The zero-order chi connectivity index (χ0) is 21.1. The molecule has 2 aromatic carbocycles. The van der Waals surface area contributed by atoms with E-state index in [4.69, 9.17) is 0 Å². The lowest BCUT2D eigenvalue weighted by Crippen LogP contribution is -2.28. The van der Waals surface area contributed by atoms with Crippen LogP contribution in [0.1, 0.15) is 22.3 Å². The summed E-state index contributed by atoms with van der Waals surface area (Å²) >= 11 is 1.34. The van der Waals surface area contributed by atoms with Crippen molar-refractivity contribution in [1.82, 2.24) is 4.98 Å². The molecular formula is C22H20N4O3S. The van der Waals surface area contributed by atoms with Crippen LogP contribution in [0, 0.1) is 12.8 Å². The van der Waals surface area contributed by atoms with E-state index in [2.05, 4.69) is 15.6 Å². The van der Waals surface area contributed by atoms with Crippen LogP contribution in [0.3, 0.4) is 0 Å². The van der Waals surface area contributed by atoms with Crippen molar-refractivity contribution in [3.05, 3.63) is 71.2 Å². The van der Waals surface area contributed by atoms with Gasteiger partial charge in [-0.3, -0.25) is 19.7 Å². The molecule has 0 saturated carbocycles. The fourth-order valence-electron chi connectivity index (χ4n) is 3.26. The molecule has 0 bridgehead atoms. The van der Waals surface area contributed by atoms with Crippen LogP contribution in [0.15, 0.2) is 60.1 Å². The molecule has 1 saturated heterocycles. The predicted octanol–water partition coefficient (Wildman–Crippen LogP) is 3.70. The van der Waals surface area contributed by atoms with Gasteiger partial charge in [-0.2, -0.15) is 0 Å². The van der Waals surface area contributed by atoms with Crippen LogP contribution in [-0.2, 0) is 9.59 Å². The van der Waals surface area contributed by atoms with Crippen molar-refractivity contribution in [2.24, 2.45) is 5.92 Å².